The highest BCUT2D eigenvalue weighted by Crippen LogP contribution is 2.54. The summed E-state index contributed by atoms with van der Waals surface area (Å²) in [5.74, 6) is -1.15. The molecule has 27 heavy (non-hydrogen) atoms. The van der Waals surface area contributed by atoms with Crippen molar-refractivity contribution in [1.82, 2.24) is 4.98 Å². The molecule has 0 spiro atoms. The summed E-state index contributed by atoms with van der Waals surface area (Å²) in [5.41, 5.74) is 3.63. The molecule has 1 heterocycles. The number of ether oxygens (including phenoxy) is 2. The highest BCUT2D eigenvalue weighted by molar-refractivity contribution is 5.80. The number of fused-ring (bicyclic) bond motifs is 3. The fourth-order valence-electron chi connectivity index (χ4n) is 4.40. The highest BCUT2D eigenvalue weighted by atomic mass is 16.5. The van der Waals surface area contributed by atoms with E-state index < -0.39 is 5.41 Å². The Hall–Kier alpha value is -2.69. The smallest absolute Gasteiger partial charge is 0.308 e. The lowest BCUT2D eigenvalue weighted by molar-refractivity contribution is -0.146. The Morgan fingerprint density at radius 1 is 0.926 bits per heavy atom. The van der Waals surface area contributed by atoms with Crippen molar-refractivity contribution in [2.45, 2.75) is 32.1 Å². The number of methoxy groups -OCH3 is 2. The topological polar surface area (TPSA) is 65.5 Å². The van der Waals surface area contributed by atoms with E-state index in [1.807, 2.05) is 32.0 Å². The van der Waals surface area contributed by atoms with Gasteiger partial charge >= 0.3 is 11.9 Å². The van der Waals surface area contributed by atoms with Gasteiger partial charge in [-0.1, -0.05) is 44.2 Å². The highest BCUT2D eigenvalue weighted by Gasteiger charge is 2.47. The summed E-state index contributed by atoms with van der Waals surface area (Å²) < 4.78 is 9.94. The van der Waals surface area contributed by atoms with Crippen molar-refractivity contribution in [1.29, 1.82) is 0 Å². The second-order valence-electron chi connectivity index (χ2n) is 7.28. The van der Waals surface area contributed by atoms with E-state index in [2.05, 4.69) is 23.2 Å². The van der Waals surface area contributed by atoms with Crippen LogP contribution in [0.2, 0.25) is 0 Å². The number of esters is 2. The maximum Gasteiger partial charge on any atom is 0.308 e. The molecule has 2 aromatic rings. The Kier molecular flexibility index (Phi) is 5.31. The number of hydrogen-bond donors (Lipinski definition) is 0. The number of nitrogens with zero attached hydrogens (tertiary/aromatic N) is 1. The van der Waals surface area contributed by atoms with Crippen molar-refractivity contribution in [3.63, 3.8) is 0 Å². The number of carbonyl (C=O) groups is 2. The first-order valence-electron chi connectivity index (χ1n) is 9.15. The first-order valence-corrected chi connectivity index (χ1v) is 9.15. The van der Waals surface area contributed by atoms with Crippen LogP contribution in [0.1, 0.15) is 37.8 Å². The quantitative estimate of drug-likeness (QED) is 0.728. The largest absolute Gasteiger partial charge is 0.469 e. The first-order chi connectivity index (χ1) is 12.9. The average molecular weight is 367 g/mol. The minimum absolute atomic E-state index is 0.255. The Morgan fingerprint density at radius 3 is 2.07 bits per heavy atom. The summed E-state index contributed by atoms with van der Waals surface area (Å²) in [6.45, 7) is 3.74. The van der Waals surface area contributed by atoms with Gasteiger partial charge in [0.25, 0.3) is 0 Å². The van der Waals surface area contributed by atoms with E-state index in [9.17, 15) is 9.59 Å². The molecule has 1 aromatic heterocycles. The SMILES string of the molecule is COC(=O)C(C)CC1(CC(C)C(=O)OC)c2ccccc2-c2ncccc21. The van der Waals surface area contributed by atoms with Gasteiger partial charge in [-0.3, -0.25) is 14.6 Å². The molecule has 0 aliphatic heterocycles. The van der Waals surface area contributed by atoms with Crippen LogP contribution < -0.4 is 0 Å². The van der Waals surface area contributed by atoms with Crippen LogP contribution in [0.3, 0.4) is 0 Å². The average Bonchev–Trinajstić information content (AvgIpc) is 2.97. The number of rotatable bonds is 6. The minimum atomic E-state index is -0.499. The van der Waals surface area contributed by atoms with Gasteiger partial charge in [0.15, 0.2) is 0 Å². The van der Waals surface area contributed by atoms with Crippen LogP contribution in [0.15, 0.2) is 42.6 Å². The van der Waals surface area contributed by atoms with Gasteiger partial charge in [0.05, 0.1) is 31.7 Å². The molecule has 0 fully saturated rings. The van der Waals surface area contributed by atoms with Crippen molar-refractivity contribution in [2.75, 3.05) is 14.2 Å². The van der Waals surface area contributed by atoms with Crippen LogP contribution in [0.5, 0.6) is 0 Å². The molecule has 0 radical (unpaired) electrons. The number of aromatic nitrogens is 1. The van der Waals surface area contributed by atoms with Crippen molar-refractivity contribution in [2.24, 2.45) is 11.8 Å². The lowest BCUT2D eigenvalue weighted by Gasteiger charge is -2.35. The van der Waals surface area contributed by atoms with E-state index >= 15 is 0 Å². The molecule has 5 heteroatoms. The molecular formula is C22H25NO4. The van der Waals surface area contributed by atoms with Crippen LogP contribution >= 0.6 is 0 Å². The summed E-state index contributed by atoms with van der Waals surface area (Å²) in [7, 11) is 2.81. The van der Waals surface area contributed by atoms with E-state index in [0.29, 0.717) is 12.8 Å². The number of carbonyl (C=O) groups excluding carboxylic acids is 2. The fraction of sp³-hybridized carbons (Fsp3) is 0.409. The van der Waals surface area contributed by atoms with Gasteiger partial charge in [0, 0.05) is 17.2 Å². The monoisotopic (exact) mass is 367 g/mol. The second-order valence-corrected chi connectivity index (χ2v) is 7.28. The summed E-state index contributed by atoms with van der Waals surface area (Å²) in [6, 6.07) is 12.1. The number of pyridine rings is 1. The fourth-order valence-corrected chi connectivity index (χ4v) is 4.40. The minimum Gasteiger partial charge on any atom is -0.469 e. The summed E-state index contributed by atoms with van der Waals surface area (Å²) >= 11 is 0. The Bertz CT molecular complexity index is 789. The van der Waals surface area contributed by atoms with Crippen LogP contribution in [0.4, 0.5) is 0 Å². The molecule has 2 unspecified atom stereocenters. The molecule has 0 N–H and O–H groups in total. The molecule has 0 saturated heterocycles. The Balaban J connectivity index is 2.17. The zero-order valence-corrected chi connectivity index (χ0v) is 16.2. The zero-order chi connectivity index (χ0) is 19.6. The van der Waals surface area contributed by atoms with E-state index in [1.54, 1.807) is 6.20 Å². The Labute approximate surface area is 159 Å². The molecule has 1 aliphatic rings. The predicted octanol–water partition coefficient (Wildman–Crippen LogP) is 3.75. The molecule has 0 bridgehead atoms. The lowest BCUT2D eigenvalue weighted by atomic mass is 9.67. The molecule has 1 aliphatic carbocycles. The van der Waals surface area contributed by atoms with Crippen molar-refractivity contribution < 1.29 is 19.1 Å². The summed E-state index contributed by atoms with van der Waals surface area (Å²) in [6.07, 6.45) is 2.85. The van der Waals surface area contributed by atoms with Crippen LogP contribution in [0.25, 0.3) is 11.3 Å². The third kappa shape index (κ3) is 3.22. The lowest BCUT2D eigenvalue weighted by Crippen LogP contribution is -2.34. The summed E-state index contributed by atoms with van der Waals surface area (Å²) in [4.78, 5) is 29.0. The van der Waals surface area contributed by atoms with Crippen molar-refractivity contribution in [3.05, 3.63) is 53.7 Å². The van der Waals surface area contributed by atoms with Gasteiger partial charge in [-0.25, -0.2) is 0 Å². The second kappa shape index (κ2) is 7.51. The van der Waals surface area contributed by atoms with Gasteiger partial charge in [-0.15, -0.1) is 0 Å². The maximum atomic E-state index is 12.2. The maximum absolute atomic E-state index is 12.2. The van der Waals surface area contributed by atoms with Gasteiger partial charge in [-0.05, 0) is 30.0 Å². The first kappa shape index (κ1) is 19.1. The molecule has 5 nitrogen and oxygen atoms in total. The van der Waals surface area contributed by atoms with Gasteiger partial charge in [0.2, 0.25) is 0 Å². The third-order valence-corrected chi connectivity index (χ3v) is 5.54. The number of benzene rings is 1. The Morgan fingerprint density at radius 2 is 1.48 bits per heavy atom. The van der Waals surface area contributed by atoms with Crippen LogP contribution in [0, 0.1) is 11.8 Å². The molecule has 0 saturated carbocycles. The summed E-state index contributed by atoms with van der Waals surface area (Å²) in [5, 5.41) is 0. The molecule has 142 valence electrons. The molecule has 2 atom stereocenters. The standard InChI is InChI=1S/C22H25NO4/c1-14(20(24)26-3)12-22(13-15(2)21(25)27-4)17-9-6-5-8-16(17)19-18(22)10-7-11-23-19/h5-11,14-15H,12-13H2,1-4H3. The van der Waals surface area contributed by atoms with Gasteiger partial charge < -0.3 is 9.47 Å². The van der Waals surface area contributed by atoms with Crippen molar-refractivity contribution >= 4 is 11.9 Å². The van der Waals surface area contributed by atoms with Crippen molar-refractivity contribution in [3.8, 4) is 11.3 Å². The molecule has 0 amide bonds. The molecule has 3 rings (SSSR count). The number of hydrogen-bond acceptors (Lipinski definition) is 5. The third-order valence-electron chi connectivity index (χ3n) is 5.54. The van der Waals surface area contributed by atoms with E-state index in [0.717, 1.165) is 22.4 Å². The van der Waals surface area contributed by atoms with Crippen LogP contribution in [-0.4, -0.2) is 31.1 Å². The van der Waals surface area contributed by atoms with Crippen LogP contribution in [-0.2, 0) is 24.5 Å². The van der Waals surface area contributed by atoms with E-state index in [-0.39, 0.29) is 23.8 Å². The van der Waals surface area contributed by atoms with Gasteiger partial charge in [-0.2, -0.15) is 0 Å². The van der Waals surface area contributed by atoms with E-state index in [4.69, 9.17) is 9.47 Å². The normalized spacial score (nSPS) is 19.6. The van der Waals surface area contributed by atoms with E-state index in [1.165, 1.54) is 14.2 Å². The predicted molar refractivity (Wildman–Crippen MR) is 102 cm³/mol. The molecule has 1 aromatic carbocycles. The van der Waals surface area contributed by atoms with Gasteiger partial charge in [0.1, 0.15) is 0 Å². The zero-order valence-electron chi connectivity index (χ0n) is 16.2. The molecular weight excluding hydrogens is 342 g/mol.